The molecule has 2 atom stereocenters. The molecule has 1 aromatic rings. The minimum atomic E-state index is -0.751. The molecule has 0 aliphatic carbocycles. The van der Waals surface area contributed by atoms with Crippen molar-refractivity contribution >= 4 is 22.6 Å². The number of nitrogen functional groups attached to an aromatic ring is 1. The van der Waals surface area contributed by atoms with Gasteiger partial charge in [0.05, 0.1) is 0 Å². The summed E-state index contributed by atoms with van der Waals surface area (Å²) in [6, 6.07) is 0.219. The standard InChI is InChI=1S/C10H18N4OS/c1-7-6-12-10(11)14-9(7)13-8(2)4-5-16(3)15/h6,8H,4-5H2,1-3H3,(H3,11,12,13,14). The lowest BCUT2D eigenvalue weighted by molar-refractivity contribution is 0.678. The van der Waals surface area contributed by atoms with Crippen molar-refractivity contribution in [3.8, 4) is 0 Å². The first kappa shape index (κ1) is 12.9. The summed E-state index contributed by atoms with van der Waals surface area (Å²) in [5.41, 5.74) is 6.47. The van der Waals surface area contributed by atoms with E-state index in [4.69, 9.17) is 5.73 Å². The monoisotopic (exact) mass is 242 g/mol. The highest BCUT2D eigenvalue weighted by Crippen LogP contribution is 2.13. The molecule has 0 aliphatic rings. The molecule has 0 radical (unpaired) electrons. The summed E-state index contributed by atoms with van der Waals surface area (Å²) in [5.74, 6) is 1.70. The van der Waals surface area contributed by atoms with Crippen molar-refractivity contribution in [2.75, 3.05) is 23.1 Å². The van der Waals surface area contributed by atoms with Gasteiger partial charge in [0.1, 0.15) is 5.82 Å². The Morgan fingerprint density at radius 1 is 1.62 bits per heavy atom. The molecule has 0 amide bonds. The summed E-state index contributed by atoms with van der Waals surface area (Å²) in [6.45, 7) is 3.96. The van der Waals surface area contributed by atoms with Gasteiger partial charge >= 0.3 is 0 Å². The van der Waals surface area contributed by atoms with Crippen LogP contribution in [0.4, 0.5) is 11.8 Å². The lowest BCUT2D eigenvalue weighted by Crippen LogP contribution is -2.19. The lowest BCUT2D eigenvalue weighted by atomic mass is 10.2. The first-order chi connectivity index (χ1) is 7.49. The van der Waals surface area contributed by atoms with E-state index in [1.54, 1.807) is 12.5 Å². The number of hydrogen-bond acceptors (Lipinski definition) is 5. The second-order valence-corrected chi connectivity index (χ2v) is 5.43. The van der Waals surface area contributed by atoms with Gasteiger partial charge < -0.3 is 11.1 Å². The van der Waals surface area contributed by atoms with E-state index >= 15 is 0 Å². The third-order valence-electron chi connectivity index (χ3n) is 2.21. The zero-order valence-electron chi connectivity index (χ0n) is 9.86. The molecule has 16 heavy (non-hydrogen) atoms. The molecule has 1 heterocycles. The number of aromatic nitrogens is 2. The Balaban J connectivity index is 2.58. The summed E-state index contributed by atoms with van der Waals surface area (Å²) >= 11 is 0. The van der Waals surface area contributed by atoms with Crippen LogP contribution in [-0.2, 0) is 10.8 Å². The van der Waals surface area contributed by atoms with Crippen LogP contribution in [0.2, 0.25) is 0 Å². The number of rotatable bonds is 5. The average Bonchev–Trinajstić information content (AvgIpc) is 2.20. The average molecular weight is 242 g/mol. The maximum absolute atomic E-state index is 11.0. The van der Waals surface area contributed by atoms with Crippen LogP contribution < -0.4 is 11.1 Å². The van der Waals surface area contributed by atoms with Crippen molar-refractivity contribution < 1.29 is 4.21 Å². The Hall–Kier alpha value is -1.17. The van der Waals surface area contributed by atoms with Crippen molar-refractivity contribution in [2.45, 2.75) is 26.3 Å². The molecule has 0 saturated heterocycles. The molecule has 1 aromatic heterocycles. The lowest BCUT2D eigenvalue weighted by Gasteiger charge is -2.15. The van der Waals surface area contributed by atoms with Gasteiger partial charge in [-0.15, -0.1) is 0 Å². The SMILES string of the molecule is Cc1cnc(N)nc1NC(C)CCS(C)=O. The third kappa shape index (κ3) is 4.14. The van der Waals surface area contributed by atoms with Crippen LogP contribution in [0.1, 0.15) is 18.9 Å². The van der Waals surface area contributed by atoms with E-state index in [0.29, 0.717) is 5.75 Å². The number of anilines is 2. The number of aryl methyl sites for hydroxylation is 1. The molecule has 0 fully saturated rings. The van der Waals surface area contributed by atoms with Gasteiger partial charge in [0.2, 0.25) is 5.95 Å². The fraction of sp³-hybridized carbons (Fsp3) is 0.600. The fourth-order valence-electron chi connectivity index (χ4n) is 1.25. The Kier molecular flexibility index (Phi) is 4.67. The Morgan fingerprint density at radius 2 is 2.31 bits per heavy atom. The van der Waals surface area contributed by atoms with Gasteiger partial charge in [-0.1, -0.05) is 0 Å². The molecule has 2 unspecified atom stereocenters. The number of hydrogen-bond donors (Lipinski definition) is 2. The minimum absolute atomic E-state index is 0.219. The van der Waals surface area contributed by atoms with Crippen molar-refractivity contribution in [2.24, 2.45) is 0 Å². The Labute approximate surface area is 98.3 Å². The number of nitrogens with one attached hydrogen (secondary N) is 1. The largest absolute Gasteiger partial charge is 0.368 e. The fourth-order valence-corrected chi connectivity index (χ4v) is 1.94. The van der Waals surface area contributed by atoms with Gasteiger partial charge in [0.15, 0.2) is 0 Å². The van der Waals surface area contributed by atoms with Crippen LogP contribution in [0, 0.1) is 6.92 Å². The van der Waals surface area contributed by atoms with E-state index in [2.05, 4.69) is 15.3 Å². The van der Waals surface area contributed by atoms with Gasteiger partial charge in [-0.05, 0) is 20.3 Å². The predicted molar refractivity (Wildman–Crippen MR) is 67.8 cm³/mol. The molecule has 5 nitrogen and oxygen atoms in total. The normalized spacial score (nSPS) is 14.4. The summed E-state index contributed by atoms with van der Waals surface area (Å²) in [4.78, 5) is 8.02. The van der Waals surface area contributed by atoms with Gasteiger partial charge in [0.25, 0.3) is 0 Å². The molecule has 0 aromatic carbocycles. The quantitative estimate of drug-likeness (QED) is 0.803. The molecule has 6 heteroatoms. The van der Waals surface area contributed by atoms with Crippen LogP contribution in [-0.4, -0.2) is 32.2 Å². The molecular formula is C10H18N4OS. The van der Waals surface area contributed by atoms with Gasteiger partial charge in [0, 0.05) is 40.6 Å². The summed E-state index contributed by atoms with van der Waals surface area (Å²) in [7, 11) is -0.751. The zero-order chi connectivity index (χ0) is 12.1. The molecule has 0 aliphatic heterocycles. The van der Waals surface area contributed by atoms with E-state index < -0.39 is 10.8 Å². The van der Waals surface area contributed by atoms with E-state index in [9.17, 15) is 4.21 Å². The third-order valence-corrected chi connectivity index (χ3v) is 3.02. The molecule has 90 valence electrons. The van der Waals surface area contributed by atoms with Crippen molar-refractivity contribution in [3.63, 3.8) is 0 Å². The first-order valence-electron chi connectivity index (χ1n) is 5.14. The first-order valence-corrected chi connectivity index (χ1v) is 6.87. The predicted octanol–water partition coefficient (Wildman–Crippen LogP) is 0.936. The Morgan fingerprint density at radius 3 is 2.94 bits per heavy atom. The highest BCUT2D eigenvalue weighted by molar-refractivity contribution is 7.84. The summed E-state index contributed by atoms with van der Waals surface area (Å²) in [5, 5.41) is 3.24. The highest BCUT2D eigenvalue weighted by Gasteiger charge is 2.07. The number of nitrogens with two attached hydrogens (primary N) is 1. The van der Waals surface area contributed by atoms with E-state index in [0.717, 1.165) is 17.8 Å². The molecule has 0 bridgehead atoms. The van der Waals surface area contributed by atoms with Crippen LogP contribution in [0.5, 0.6) is 0 Å². The topological polar surface area (TPSA) is 80.9 Å². The van der Waals surface area contributed by atoms with Gasteiger partial charge in [-0.3, -0.25) is 4.21 Å². The molecule has 1 rings (SSSR count). The van der Waals surface area contributed by atoms with Crippen LogP contribution >= 0.6 is 0 Å². The minimum Gasteiger partial charge on any atom is -0.368 e. The van der Waals surface area contributed by atoms with Gasteiger partial charge in [-0.2, -0.15) is 4.98 Å². The van der Waals surface area contributed by atoms with Crippen LogP contribution in [0.15, 0.2) is 6.20 Å². The molecule has 3 N–H and O–H groups in total. The number of nitrogens with zero attached hydrogens (tertiary/aromatic N) is 2. The van der Waals surface area contributed by atoms with Crippen molar-refractivity contribution in [1.82, 2.24) is 9.97 Å². The smallest absolute Gasteiger partial charge is 0.221 e. The van der Waals surface area contributed by atoms with E-state index in [-0.39, 0.29) is 12.0 Å². The van der Waals surface area contributed by atoms with E-state index in [1.807, 2.05) is 13.8 Å². The summed E-state index contributed by atoms with van der Waals surface area (Å²) < 4.78 is 11.0. The van der Waals surface area contributed by atoms with Gasteiger partial charge in [-0.25, -0.2) is 4.98 Å². The van der Waals surface area contributed by atoms with E-state index in [1.165, 1.54) is 0 Å². The second kappa shape index (κ2) is 5.79. The zero-order valence-corrected chi connectivity index (χ0v) is 10.7. The Bertz CT molecular complexity index is 383. The molecule has 0 saturated carbocycles. The van der Waals surface area contributed by atoms with Crippen LogP contribution in [0.3, 0.4) is 0 Å². The van der Waals surface area contributed by atoms with Crippen molar-refractivity contribution in [1.29, 1.82) is 0 Å². The second-order valence-electron chi connectivity index (χ2n) is 3.87. The highest BCUT2D eigenvalue weighted by atomic mass is 32.2. The maximum atomic E-state index is 11.0. The molecule has 0 spiro atoms. The van der Waals surface area contributed by atoms with Crippen LogP contribution in [0.25, 0.3) is 0 Å². The van der Waals surface area contributed by atoms with Crippen molar-refractivity contribution in [3.05, 3.63) is 11.8 Å². The maximum Gasteiger partial charge on any atom is 0.221 e. The molecular weight excluding hydrogens is 224 g/mol. The summed E-state index contributed by atoms with van der Waals surface area (Å²) in [6.07, 6.45) is 4.24.